The van der Waals surface area contributed by atoms with Gasteiger partial charge in [-0.1, -0.05) is 23.4 Å². The fourth-order valence-electron chi connectivity index (χ4n) is 2.21. The minimum Gasteiger partial charge on any atom is -0.364 e. The van der Waals surface area contributed by atoms with Crippen LogP contribution in [0.15, 0.2) is 41.1 Å². The molecular weight excluding hydrogens is 240 g/mol. The Kier molecular flexibility index (Phi) is 3.29. The standard InChI is InChI=1S/C14H16N4O/c1-2-18-14-6-4-3-5-12(14)13(16-18)10-15-9-11-7-8-19-17-11/h3-8,15H,2,9-10H2,1H3. The molecule has 5 nitrogen and oxygen atoms in total. The van der Waals surface area contributed by atoms with E-state index >= 15 is 0 Å². The lowest BCUT2D eigenvalue weighted by Gasteiger charge is -1.99. The van der Waals surface area contributed by atoms with Crippen molar-refractivity contribution in [2.75, 3.05) is 0 Å². The van der Waals surface area contributed by atoms with E-state index in [0.717, 1.165) is 24.5 Å². The highest BCUT2D eigenvalue weighted by atomic mass is 16.5. The zero-order valence-corrected chi connectivity index (χ0v) is 10.8. The quantitative estimate of drug-likeness (QED) is 0.761. The van der Waals surface area contributed by atoms with Gasteiger partial charge in [0.1, 0.15) is 6.26 Å². The second-order valence-corrected chi connectivity index (χ2v) is 4.37. The number of hydrogen-bond donors (Lipinski definition) is 1. The van der Waals surface area contributed by atoms with Gasteiger partial charge in [0, 0.05) is 31.1 Å². The maximum atomic E-state index is 4.80. The van der Waals surface area contributed by atoms with Crippen molar-refractivity contribution in [3.05, 3.63) is 48.0 Å². The molecule has 0 aliphatic heterocycles. The van der Waals surface area contributed by atoms with E-state index < -0.39 is 0 Å². The molecule has 2 heterocycles. The van der Waals surface area contributed by atoms with E-state index in [0.29, 0.717) is 6.54 Å². The molecule has 2 aromatic heterocycles. The van der Waals surface area contributed by atoms with E-state index in [1.54, 1.807) is 6.26 Å². The monoisotopic (exact) mass is 256 g/mol. The predicted octanol–water partition coefficient (Wildman–Crippen LogP) is 2.33. The van der Waals surface area contributed by atoms with Gasteiger partial charge in [-0.2, -0.15) is 5.10 Å². The summed E-state index contributed by atoms with van der Waals surface area (Å²) in [6.07, 6.45) is 1.58. The molecule has 0 atom stereocenters. The number of para-hydroxylation sites is 1. The smallest absolute Gasteiger partial charge is 0.124 e. The van der Waals surface area contributed by atoms with Gasteiger partial charge in [-0.15, -0.1) is 0 Å². The third-order valence-electron chi connectivity index (χ3n) is 3.12. The Balaban J connectivity index is 1.77. The van der Waals surface area contributed by atoms with Crippen LogP contribution in [0.3, 0.4) is 0 Å². The van der Waals surface area contributed by atoms with Gasteiger partial charge in [0.25, 0.3) is 0 Å². The van der Waals surface area contributed by atoms with Gasteiger partial charge in [0.2, 0.25) is 0 Å². The van der Waals surface area contributed by atoms with Crippen molar-refractivity contribution in [1.82, 2.24) is 20.3 Å². The van der Waals surface area contributed by atoms with Crippen molar-refractivity contribution in [3.63, 3.8) is 0 Å². The molecule has 3 rings (SSSR count). The summed E-state index contributed by atoms with van der Waals surface area (Å²) in [4.78, 5) is 0. The van der Waals surface area contributed by atoms with Gasteiger partial charge in [-0.25, -0.2) is 0 Å². The topological polar surface area (TPSA) is 55.9 Å². The molecule has 0 radical (unpaired) electrons. The van der Waals surface area contributed by atoms with Crippen molar-refractivity contribution in [2.24, 2.45) is 0 Å². The van der Waals surface area contributed by atoms with E-state index in [-0.39, 0.29) is 0 Å². The highest BCUT2D eigenvalue weighted by Crippen LogP contribution is 2.18. The number of nitrogens with one attached hydrogen (secondary N) is 1. The van der Waals surface area contributed by atoms with Crippen molar-refractivity contribution in [1.29, 1.82) is 0 Å². The van der Waals surface area contributed by atoms with Crippen LogP contribution in [0.1, 0.15) is 18.3 Å². The fourth-order valence-corrected chi connectivity index (χ4v) is 2.21. The second-order valence-electron chi connectivity index (χ2n) is 4.37. The molecular formula is C14H16N4O. The Bertz CT molecular complexity index is 657. The zero-order chi connectivity index (χ0) is 13.1. The van der Waals surface area contributed by atoms with Gasteiger partial charge in [0.15, 0.2) is 0 Å². The minimum absolute atomic E-state index is 0.684. The lowest BCUT2D eigenvalue weighted by molar-refractivity contribution is 0.408. The summed E-state index contributed by atoms with van der Waals surface area (Å²) in [5, 5.41) is 13.0. The molecule has 0 aliphatic carbocycles. The average molecular weight is 256 g/mol. The summed E-state index contributed by atoms with van der Waals surface area (Å²) in [6.45, 7) is 4.39. The maximum Gasteiger partial charge on any atom is 0.124 e. The van der Waals surface area contributed by atoms with Crippen LogP contribution in [0.4, 0.5) is 0 Å². The second kappa shape index (κ2) is 5.24. The molecule has 1 aromatic carbocycles. The SMILES string of the molecule is CCn1nc(CNCc2ccon2)c2ccccc21. The summed E-state index contributed by atoms with van der Waals surface area (Å²) < 4.78 is 6.83. The third kappa shape index (κ3) is 2.37. The molecule has 0 saturated heterocycles. The number of hydrogen-bond acceptors (Lipinski definition) is 4. The number of benzene rings is 1. The summed E-state index contributed by atoms with van der Waals surface area (Å²) >= 11 is 0. The van der Waals surface area contributed by atoms with Crippen molar-refractivity contribution in [2.45, 2.75) is 26.6 Å². The molecule has 5 heteroatoms. The van der Waals surface area contributed by atoms with Gasteiger partial charge in [-0.05, 0) is 13.0 Å². The van der Waals surface area contributed by atoms with Gasteiger partial charge >= 0.3 is 0 Å². The zero-order valence-electron chi connectivity index (χ0n) is 10.8. The lowest BCUT2D eigenvalue weighted by atomic mass is 10.2. The van der Waals surface area contributed by atoms with E-state index in [2.05, 4.69) is 34.6 Å². The van der Waals surface area contributed by atoms with Crippen LogP contribution in [-0.4, -0.2) is 14.9 Å². The number of rotatable bonds is 5. The molecule has 0 unspecified atom stereocenters. The fraction of sp³-hybridized carbons (Fsp3) is 0.286. The van der Waals surface area contributed by atoms with Crippen molar-refractivity contribution < 1.29 is 4.52 Å². The summed E-state index contributed by atoms with van der Waals surface area (Å²) in [5.74, 6) is 0. The number of fused-ring (bicyclic) bond motifs is 1. The van der Waals surface area contributed by atoms with E-state index in [1.165, 1.54) is 10.9 Å². The molecule has 98 valence electrons. The first-order valence-electron chi connectivity index (χ1n) is 6.43. The first-order chi connectivity index (χ1) is 9.38. The minimum atomic E-state index is 0.684. The molecule has 3 aromatic rings. The van der Waals surface area contributed by atoms with Crippen LogP contribution in [0, 0.1) is 0 Å². The highest BCUT2D eigenvalue weighted by Gasteiger charge is 2.08. The molecule has 1 N–H and O–H groups in total. The molecule has 0 fully saturated rings. The predicted molar refractivity (Wildman–Crippen MR) is 72.5 cm³/mol. The summed E-state index contributed by atoms with van der Waals surface area (Å²) in [6, 6.07) is 10.2. The Morgan fingerprint density at radius 2 is 2.11 bits per heavy atom. The molecule has 0 saturated carbocycles. The van der Waals surface area contributed by atoms with E-state index in [4.69, 9.17) is 4.52 Å². The molecule has 19 heavy (non-hydrogen) atoms. The van der Waals surface area contributed by atoms with Gasteiger partial charge in [0.05, 0.1) is 16.9 Å². The van der Waals surface area contributed by atoms with Crippen LogP contribution >= 0.6 is 0 Å². The number of nitrogens with zero attached hydrogens (tertiary/aromatic N) is 3. The van der Waals surface area contributed by atoms with Crippen LogP contribution in [0.2, 0.25) is 0 Å². The Morgan fingerprint density at radius 1 is 1.21 bits per heavy atom. The van der Waals surface area contributed by atoms with E-state index in [9.17, 15) is 0 Å². The Hall–Kier alpha value is -2.14. The number of aryl methyl sites for hydroxylation is 1. The average Bonchev–Trinajstić information content (AvgIpc) is 3.07. The van der Waals surface area contributed by atoms with Gasteiger partial charge in [-0.3, -0.25) is 4.68 Å². The lowest BCUT2D eigenvalue weighted by Crippen LogP contribution is -2.13. The van der Waals surface area contributed by atoms with Crippen molar-refractivity contribution in [3.8, 4) is 0 Å². The van der Waals surface area contributed by atoms with Crippen LogP contribution in [0.5, 0.6) is 0 Å². The van der Waals surface area contributed by atoms with E-state index in [1.807, 2.05) is 22.9 Å². The Labute approximate surface area is 111 Å². The highest BCUT2D eigenvalue weighted by molar-refractivity contribution is 5.81. The Morgan fingerprint density at radius 3 is 2.89 bits per heavy atom. The van der Waals surface area contributed by atoms with Crippen LogP contribution in [0.25, 0.3) is 10.9 Å². The summed E-state index contributed by atoms with van der Waals surface area (Å²) in [7, 11) is 0. The maximum absolute atomic E-state index is 4.80. The number of aromatic nitrogens is 3. The van der Waals surface area contributed by atoms with Gasteiger partial charge < -0.3 is 9.84 Å². The first-order valence-corrected chi connectivity index (χ1v) is 6.43. The third-order valence-corrected chi connectivity index (χ3v) is 3.12. The first kappa shape index (κ1) is 11.9. The van der Waals surface area contributed by atoms with Crippen LogP contribution < -0.4 is 5.32 Å². The molecule has 0 amide bonds. The molecule has 0 spiro atoms. The molecule has 0 bridgehead atoms. The molecule has 0 aliphatic rings. The van der Waals surface area contributed by atoms with Crippen molar-refractivity contribution >= 4 is 10.9 Å². The summed E-state index contributed by atoms with van der Waals surface area (Å²) in [5.41, 5.74) is 3.16. The van der Waals surface area contributed by atoms with Crippen LogP contribution in [-0.2, 0) is 19.6 Å². The largest absolute Gasteiger partial charge is 0.364 e. The normalized spacial score (nSPS) is 11.2.